The molecule has 0 saturated heterocycles. The number of rotatable bonds is 8. The minimum Gasteiger partial charge on any atom is -0.497 e. The Hall–Kier alpha value is -1.48. The molecular formula is C16H17BrClNO5S. The van der Waals surface area contributed by atoms with Crippen LogP contribution in [0, 0.1) is 0 Å². The highest BCUT2D eigenvalue weighted by atomic mass is 79.9. The Morgan fingerprint density at radius 3 is 2.52 bits per heavy atom. The molecule has 0 heterocycles. The standard InChI is InChI=1S/C16H17BrClNO5S/c1-22-12-4-3-5-13(10-12)24-7-6-19-25(20,21)15-9-11(18)8-14(17)16(15)23-2/h3-5,8-10,19H,6-7H2,1-2H3. The van der Waals surface area contributed by atoms with E-state index in [-0.39, 0.29) is 28.8 Å². The molecule has 0 bridgehead atoms. The third kappa shape index (κ3) is 5.24. The molecule has 9 heteroatoms. The Labute approximate surface area is 160 Å². The predicted octanol–water partition coefficient (Wildman–Crippen LogP) is 3.48. The molecule has 136 valence electrons. The second-order valence-electron chi connectivity index (χ2n) is 4.84. The highest BCUT2D eigenvalue weighted by Crippen LogP contribution is 2.35. The van der Waals surface area contributed by atoms with Crippen molar-refractivity contribution < 1.29 is 22.6 Å². The van der Waals surface area contributed by atoms with Crippen LogP contribution in [0.2, 0.25) is 5.02 Å². The van der Waals surface area contributed by atoms with Crippen molar-refractivity contribution >= 4 is 37.6 Å². The Balaban J connectivity index is 2.02. The molecule has 0 aliphatic rings. The molecule has 0 saturated carbocycles. The molecule has 0 aliphatic heterocycles. The summed E-state index contributed by atoms with van der Waals surface area (Å²) in [5.74, 6) is 1.43. The van der Waals surface area contributed by atoms with Gasteiger partial charge in [-0.15, -0.1) is 0 Å². The molecule has 0 unspecified atom stereocenters. The zero-order chi connectivity index (χ0) is 18.4. The first-order valence-corrected chi connectivity index (χ1v) is 9.82. The first-order valence-electron chi connectivity index (χ1n) is 7.17. The van der Waals surface area contributed by atoms with Gasteiger partial charge in [-0.05, 0) is 40.2 Å². The molecule has 2 rings (SSSR count). The van der Waals surface area contributed by atoms with Crippen molar-refractivity contribution in [3.05, 3.63) is 45.9 Å². The van der Waals surface area contributed by atoms with Crippen LogP contribution in [0.3, 0.4) is 0 Å². The molecule has 0 spiro atoms. The SMILES string of the molecule is COc1cccc(OCCNS(=O)(=O)c2cc(Cl)cc(Br)c2OC)c1. The summed E-state index contributed by atoms with van der Waals surface area (Å²) in [6.07, 6.45) is 0. The van der Waals surface area contributed by atoms with Crippen molar-refractivity contribution in [2.24, 2.45) is 0 Å². The van der Waals surface area contributed by atoms with E-state index in [9.17, 15) is 8.42 Å². The minimum atomic E-state index is -3.81. The highest BCUT2D eigenvalue weighted by Gasteiger charge is 2.22. The van der Waals surface area contributed by atoms with Gasteiger partial charge in [0.05, 0.1) is 18.7 Å². The lowest BCUT2D eigenvalue weighted by atomic mass is 10.3. The van der Waals surface area contributed by atoms with Gasteiger partial charge < -0.3 is 14.2 Å². The summed E-state index contributed by atoms with van der Waals surface area (Å²) < 4.78 is 43.6. The van der Waals surface area contributed by atoms with Gasteiger partial charge in [0.15, 0.2) is 5.75 Å². The van der Waals surface area contributed by atoms with Crippen LogP contribution in [-0.4, -0.2) is 35.8 Å². The highest BCUT2D eigenvalue weighted by molar-refractivity contribution is 9.10. The fourth-order valence-electron chi connectivity index (χ4n) is 2.05. The van der Waals surface area contributed by atoms with E-state index in [4.69, 9.17) is 25.8 Å². The number of nitrogens with one attached hydrogen (secondary N) is 1. The first-order chi connectivity index (χ1) is 11.9. The summed E-state index contributed by atoms with van der Waals surface area (Å²) in [7, 11) is -0.862. The topological polar surface area (TPSA) is 73.9 Å². The van der Waals surface area contributed by atoms with Gasteiger partial charge in [-0.25, -0.2) is 13.1 Å². The molecule has 0 aliphatic carbocycles. The molecule has 25 heavy (non-hydrogen) atoms. The maximum Gasteiger partial charge on any atom is 0.244 e. The number of halogens is 2. The van der Waals surface area contributed by atoms with E-state index in [1.165, 1.54) is 13.2 Å². The average molecular weight is 451 g/mol. The minimum absolute atomic E-state index is 0.0456. The van der Waals surface area contributed by atoms with Crippen LogP contribution in [0.5, 0.6) is 17.2 Å². The Morgan fingerprint density at radius 1 is 1.12 bits per heavy atom. The molecular weight excluding hydrogens is 434 g/mol. The fourth-order valence-corrected chi connectivity index (χ4v) is 4.44. The second-order valence-corrected chi connectivity index (χ2v) is 7.87. The summed E-state index contributed by atoms with van der Waals surface area (Å²) in [5, 5.41) is 0.278. The van der Waals surface area contributed by atoms with Crippen molar-refractivity contribution in [3.63, 3.8) is 0 Å². The predicted molar refractivity (Wildman–Crippen MR) is 99.4 cm³/mol. The second kappa shape index (κ2) is 8.75. The van der Waals surface area contributed by atoms with Crippen LogP contribution < -0.4 is 18.9 Å². The van der Waals surface area contributed by atoms with Crippen LogP contribution >= 0.6 is 27.5 Å². The molecule has 0 fully saturated rings. The molecule has 2 aromatic carbocycles. The third-order valence-corrected chi connectivity index (χ3v) is 5.45. The normalized spacial score (nSPS) is 11.2. The van der Waals surface area contributed by atoms with Gasteiger partial charge in [-0.2, -0.15) is 0 Å². The number of hydrogen-bond acceptors (Lipinski definition) is 5. The van der Waals surface area contributed by atoms with Crippen LogP contribution in [0.1, 0.15) is 0 Å². The first kappa shape index (κ1) is 19.8. The summed E-state index contributed by atoms with van der Waals surface area (Å²) in [4.78, 5) is -0.0456. The Bertz CT molecular complexity index is 844. The van der Waals surface area contributed by atoms with Crippen molar-refractivity contribution in [3.8, 4) is 17.2 Å². The molecule has 0 radical (unpaired) electrons. The van der Waals surface area contributed by atoms with Crippen molar-refractivity contribution in [2.45, 2.75) is 4.90 Å². The lowest BCUT2D eigenvalue weighted by Crippen LogP contribution is -2.28. The maximum atomic E-state index is 12.5. The largest absolute Gasteiger partial charge is 0.497 e. The monoisotopic (exact) mass is 449 g/mol. The zero-order valence-corrected chi connectivity index (χ0v) is 16.7. The summed E-state index contributed by atoms with van der Waals surface area (Å²) >= 11 is 9.18. The smallest absolute Gasteiger partial charge is 0.244 e. The third-order valence-electron chi connectivity index (χ3n) is 3.17. The lowest BCUT2D eigenvalue weighted by Gasteiger charge is -2.13. The van der Waals surface area contributed by atoms with Crippen LogP contribution in [0.25, 0.3) is 0 Å². The molecule has 0 aromatic heterocycles. The van der Waals surface area contributed by atoms with E-state index in [1.807, 2.05) is 0 Å². The van der Waals surface area contributed by atoms with Crippen LogP contribution in [-0.2, 0) is 10.0 Å². The van der Waals surface area contributed by atoms with E-state index < -0.39 is 10.0 Å². The number of benzene rings is 2. The number of ether oxygens (including phenoxy) is 3. The molecule has 6 nitrogen and oxygen atoms in total. The van der Waals surface area contributed by atoms with E-state index >= 15 is 0 Å². The van der Waals surface area contributed by atoms with Crippen molar-refractivity contribution in [1.82, 2.24) is 4.72 Å². The van der Waals surface area contributed by atoms with Crippen molar-refractivity contribution in [1.29, 1.82) is 0 Å². The summed E-state index contributed by atoms with van der Waals surface area (Å²) in [6, 6.07) is 9.94. The van der Waals surface area contributed by atoms with Crippen molar-refractivity contribution in [2.75, 3.05) is 27.4 Å². The van der Waals surface area contributed by atoms with Crippen LogP contribution in [0.4, 0.5) is 0 Å². The van der Waals surface area contributed by atoms with Gasteiger partial charge >= 0.3 is 0 Å². The van der Waals surface area contributed by atoms with Gasteiger partial charge in [0.1, 0.15) is 23.0 Å². The average Bonchev–Trinajstić information content (AvgIpc) is 2.58. The van der Waals surface area contributed by atoms with Gasteiger partial charge in [-0.3, -0.25) is 0 Å². The maximum absolute atomic E-state index is 12.5. The molecule has 1 N–H and O–H groups in total. The van der Waals surface area contributed by atoms with E-state index in [0.717, 1.165) is 0 Å². The van der Waals surface area contributed by atoms with E-state index in [1.54, 1.807) is 37.4 Å². The zero-order valence-electron chi connectivity index (χ0n) is 13.6. The lowest BCUT2D eigenvalue weighted by molar-refractivity contribution is 0.319. The van der Waals surface area contributed by atoms with Gasteiger partial charge in [-0.1, -0.05) is 17.7 Å². The molecule has 0 amide bonds. The van der Waals surface area contributed by atoms with E-state index in [0.29, 0.717) is 16.0 Å². The number of methoxy groups -OCH3 is 2. The molecule has 2 aromatic rings. The van der Waals surface area contributed by atoms with E-state index in [2.05, 4.69) is 20.7 Å². The summed E-state index contributed by atoms with van der Waals surface area (Å²) in [5.41, 5.74) is 0. The fraction of sp³-hybridized carbons (Fsp3) is 0.250. The van der Waals surface area contributed by atoms with Gasteiger partial charge in [0, 0.05) is 17.6 Å². The van der Waals surface area contributed by atoms with Gasteiger partial charge in [0.2, 0.25) is 10.0 Å². The summed E-state index contributed by atoms with van der Waals surface area (Å²) in [6.45, 7) is 0.225. The molecule has 0 atom stereocenters. The Kier molecular flexibility index (Phi) is 6.95. The quantitative estimate of drug-likeness (QED) is 0.623. The van der Waals surface area contributed by atoms with Crippen LogP contribution in [0.15, 0.2) is 45.8 Å². The number of sulfonamides is 1. The Morgan fingerprint density at radius 2 is 1.84 bits per heavy atom. The number of hydrogen-bond donors (Lipinski definition) is 1. The van der Waals surface area contributed by atoms with Gasteiger partial charge in [0.25, 0.3) is 0 Å².